The van der Waals surface area contributed by atoms with Crippen molar-refractivity contribution in [2.45, 2.75) is 0 Å². The number of hydrogen-bond donors (Lipinski definition) is 3. The summed E-state index contributed by atoms with van der Waals surface area (Å²) >= 11 is 0. The molecule has 0 aromatic rings. The second-order valence-electron chi connectivity index (χ2n) is 1.18. The van der Waals surface area contributed by atoms with E-state index in [1.807, 2.05) is 0 Å². The van der Waals surface area contributed by atoms with Gasteiger partial charge in [-0.1, -0.05) is 6.08 Å². The molecule has 8 heavy (non-hydrogen) atoms. The molecule has 46 valence electrons. The lowest BCUT2D eigenvalue weighted by Gasteiger charge is -1.83. The molecule has 0 atom stereocenters. The van der Waals surface area contributed by atoms with Crippen molar-refractivity contribution >= 4 is 0 Å². The molecule has 0 heterocycles. The van der Waals surface area contributed by atoms with Gasteiger partial charge in [-0.3, -0.25) is 0 Å². The highest BCUT2D eigenvalue weighted by atomic mass is 16.3. The highest BCUT2D eigenvalue weighted by molar-refractivity contribution is 5.08. The molecule has 0 saturated heterocycles. The summed E-state index contributed by atoms with van der Waals surface area (Å²) in [5.74, 6) is -0.0425. The number of nitrogens with two attached hydrogens (primary N) is 1. The standard InChI is InChI=1S/C5H9NO2/c6-4-5(8)2-1-3-7/h1-2,4,7-8H,3,6H2/b2-1-,5-4+. The van der Waals surface area contributed by atoms with Crippen LogP contribution in [0.1, 0.15) is 0 Å². The SMILES string of the molecule is N/C=C(O)\C=C/CO. The molecule has 0 saturated carbocycles. The number of aliphatic hydroxyl groups excluding tert-OH is 2. The monoisotopic (exact) mass is 115 g/mol. The van der Waals surface area contributed by atoms with E-state index in [0.29, 0.717) is 0 Å². The van der Waals surface area contributed by atoms with E-state index in [1.165, 1.54) is 12.2 Å². The minimum atomic E-state index is -0.0854. The molecule has 0 rings (SSSR count). The van der Waals surface area contributed by atoms with Gasteiger partial charge in [0.15, 0.2) is 0 Å². The fourth-order valence-corrected chi connectivity index (χ4v) is 0.229. The van der Waals surface area contributed by atoms with E-state index in [0.717, 1.165) is 6.20 Å². The minimum Gasteiger partial charge on any atom is -0.506 e. The number of allylic oxidation sites excluding steroid dienone is 1. The lowest BCUT2D eigenvalue weighted by molar-refractivity contribution is 0.341. The van der Waals surface area contributed by atoms with Gasteiger partial charge < -0.3 is 15.9 Å². The fraction of sp³-hybridized carbons (Fsp3) is 0.200. The summed E-state index contributed by atoms with van der Waals surface area (Å²) in [5.41, 5.74) is 4.87. The van der Waals surface area contributed by atoms with Crippen molar-refractivity contribution < 1.29 is 10.2 Å². The average molecular weight is 115 g/mol. The maximum absolute atomic E-state index is 8.53. The molecule has 0 aliphatic rings. The van der Waals surface area contributed by atoms with Crippen LogP contribution < -0.4 is 5.73 Å². The Morgan fingerprint density at radius 3 is 2.62 bits per heavy atom. The van der Waals surface area contributed by atoms with Gasteiger partial charge in [-0.2, -0.15) is 0 Å². The molecule has 0 amide bonds. The third-order valence-corrected chi connectivity index (χ3v) is 0.565. The van der Waals surface area contributed by atoms with Gasteiger partial charge in [0.2, 0.25) is 0 Å². The summed E-state index contributed by atoms with van der Waals surface area (Å²) in [6, 6.07) is 0. The van der Waals surface area contributed by atoms with Crippen LogP contribution in [0.5, 0.6) is 0 Å². The van der Waals surface area contributed by atoms with E-state index in [9.17, 15) is 0 Å². The largest absolute Gasteiger partial charge is 0.506 e. The van der Waals surface area contributed by atoms with E-state index in [2.05, 4.69) is 0 Å². The summed E-state index contributed by atoms with van der Waals surface area (Å²) in [6.45, 7) is -0.0854. The Hall–Kier alpha value is -0.960. The third-order valence-electron chi connectivity index (χ3n) is 0.565. The smallest absolute Gasteiger partial charge is 0.130 e. The van der Waals surface area contributed by atoms with Crippen LogP contribution >= 0.6 is 0 Å². The van der Waals surface area contributed by atoms with Crippen LogP contribution in [0.25, 0.3) is 0 Å². The molecular formula is C5H9NO2. The highest BCUT2D eigenvalue weighted by Crippen LogP contribution is 1.84. The van der Waals surface area contributed by atoms with Crippen molar-refractivity contribution in [3.63, 3.8) is 0 Å². The molecule has 0 spiro atoms. The van der Waals surface area contributed by atoms with Crippen molar-refractivity contribution in [2.75, 3.05) is 6.61 Å². The molecule has 3 heteroatoms. The van der Waals surface area contributed by atoms with Gasteiger partial charge in [0.25, 0.3) is 0 Å². The van der Waals surface area contributed by atoms with Crippen LogP contribution in [-0.2, 0) is 0 Å². The summed E-state index contributed by atoms with van der Waals surface area (Å²) in [7, 11) is 0. The van der Waals surface area contributed by atoms with E-state index in [-0.39, 0.29) is 12.4 Å². The molecule has 0 radical (unpaired) electrons. The van der Waals surface area contributed by atoms with Gasteiger partial charge in [-0.05, 0) is 6.08 Å². The summed E-state index contributed by atoms with van der Waals surface area (Å²) in [4.78, 5) is 0. The van der Waals surface area contributed by atoms with E-state index >= 15 is 0 Å². The molecular weight excluding hydrogens is 106 g/mol. The Morgan fingerprint density at radius 2 is 2.25 bits per heavy atom. The van der Waals surface area contributed by atoms with Crippen molar-refractivity contribution in [1.29, 1.82) is 0 Å². The molecule has 0 aliphatic heterocycles. The van der Waals surface area contributed by atoms with E-state index in [4.69, 9.17) is 15.9 Å². The van der Waals surface area contributed by atoms with Gasteiger partial charge >= 0.3 is 0 Å². The lowest BCUT2D eigenvalue weighted by atomic mass is 10.4. The molecule has 0 aromatic carbocycles. The molecule has 0 unspecified atom stereocenters. The van der Waals surface area contributed by atoms with Crippen molar-refractivity contribution in [3.8, 4) is 0 Å². The van der Waals surface area contributed by atoms with Crippen molar-refractivity contribution in [2.24, 2.45) is 5.73 Å². The minimum absolute atomic E-state index is 0.0425. The van der Waals surface area contributed by atoms with Crippen LogP contribution in [0.3, 0.4) is 0 Å². The maximum Gasteiger partial charge on any atom is 0.130 e. The van der Waals surface area contributed by atoms with Crippen LogP contribution in [0.4, 0.5) is 0 Å². The summed E-state index contributed by atoms with van der Waals surface area (Å²) in [6.07, 6.45) is 3.75. The number of rotatable bonds is 2. The Labute approximate surface area is 47.7 Å². The molecule has 0 fully saturated rings. The van der Waals surface area contributed by atoms with Gasteiger partial charge in [-0.25, -0.2) is 0 Å². The zero-order valence-electron chi connectivity index (χ0n) is 4.41. The lowest BCUT2D eigenvalue weighted by Crippen LogP contribution is -1.83. The van der Waals surface area contributed by atoms with Crippen LogP contribution in [-0.4, -0.2) is 16.8 Å². The van der Waals surface area contributed by atoms with E-state index < -0.39 is 0 Å². The first-order chi connectivity index (χ1) is 3.81. The number of aliphatic hydroxyl groups is 2. The van der Waals surface area contributed by atoms with Crippen molar-refractivity contribution in [1.82, 2.24) is 0 Å². The Kier molecular flexibility index (Phi) is 3.70. The number of hydrogen-bond acceptors (Lipinski definition) is 3. The summed E-state index contributed by atoms with van der Waals surface area (Å²) in [5, 5.41) is 16.7. The maximum atomic E-state index is 8.53. The predicted molar refractivity (Wildman–Crippen MR) is 31.1 cm³/mol. The average Bonchev–Trinajstić information content (AvgIpc) is 1.83. The van der Waals surface area contributed by atoms with Gasteiger partial charge in [0.05, 0.1) is 6.61 Å². The molecule has 4 N–H and O–H groups in total. The highest BCUT2D eigenvalue weighted by Gasteiger charge is 1.76. The molecule has 0 bridgehead atoms. The Bertz CT molecular complexity index is 107. The van der Waals surface area contributed by atoms with Gasteiger partial charge in [0, 0.05) is 6.20 Å². The second-order valence-corrected chi connectivity index (χ2v) is 1.18. The normalized spacial score (nSPS) is 12.9. The first-order valence-corrected chi connectivity index (χ1v) is 2.19. The van der Waals surface area contributed by atoms with Gasteiger partial charge in [-0.15, -0.1) is 0 Å². The molecule has 0 aromatic heterocycles. The first-order valence-electron chi connectivity index (χ1n) is 2.19. The first kappa shape index (κ1) is 7.04. The van der Waals surface area contributed by atoms with Crippen LogP contribution in [0.2, 0.25) is 0 Å². The quantitative estimate of drug-likeness (QED) is 0.347. The Morgan fingerprint density at radius 1 is 1.62 bits per heavy atom. The summed E-state index contributed by atoms with van der Waals surface area (Å²) < 4.78 is 0. The topological polar surface area (TPSA) is 66.5 Å². The fourth-order valence-electron chi connectivity index (χ4n) is 0.229. The Balaban J connectivity index is 3.53. The van der Waals surface area contributed by atoms with Crippen LogP contribution in [0, 0.1) is 0 Å². The van der Waals surface area contributed by atoms with Crippen LogP contribution in [0.15, 0.2) is 24.1 Å². The third kappa shape index (κ3) is 3.24. The zero-order valence-corrected chi connectivity index (χ0v) is 4.41. The van der Waals surface area contributed by atoms with E-state index in [1.54, 1.807) is 0 Å². The van der Waals surface area contributed by atoms with Gasteiger partial charge in [0.1, 0.15) is 5.76 Å². The van der Waals surface area contributed by atoms with Crippen molar-refractivity contribution in [3.05, 3.63) is 24.1 Å². The zero-order chi connectivity index (χ0) is 6.41. The second kappa shape index (κ2) is 4.21. The molecule has 0 aliphatic carbocycles. The predicted octanol–water partition coefficient (Wildman–Crippen LogP) is -0.107. The molecule has 3 nitrogen and oxygen atoms in total.